The second kappa shape index (κ2) is 9.60. The minimum absolute atomic E-state index is 0.00112. The van der Waals surface area contributed by atoms with Crippen molar-refractivity contribution in [2.24, 2.45) is 0 Å². The summed E-state index contributed by atoms with van der Waals surface area (Å²) < 4.78 is 39.0. The zero-order valence-electron chi connectivity index (χ0n) is 17.8. The number of benzene rings is 1. The molecule has 0 saturated carbocycles. The first kappa shape index (κ1) is 22.8. The second-order valence-electron chi connectivity index (χ2n) is 7.73. The molecule has 1 amide bonds. The van der Waals surface area contributed by atoms with E-state index in [1.54, 1.807) is 0 Å². The lowest BCUT2D eigenvalue weighted by Crippen LogP contribution is -2.38. The standard InChI is InChI=1S/C21H25ClN4O5S/c1-2-20-24-19(25-31-20)12-26-16-10-15(22)18(11-17(16)30-13-21(26)27)32(28,29)23-9-8-14-6-4-3-5-7-14/h6,10-11,23H,2-5,7-9,12-13H2,1H3. The fraction of sp³-hybridized carbons (Fsp3) is 0.476. The van der Waals surface area contributed by atoms with E-state index in [0.717, 1.165) is 19.3 Å². The van der Waals surface area contributed by atoms with Crippen molar-refractivity contribution >= 4 is 33.2 Å². The topological polar surface area (TPSA) is 115 Å². The molecule has 32 heavy (non-hydrogen) atoms. The fourth-order valence-electron chi connectivity index (χ4n) is 3.78. The van der Waals surface area contributed by atoms with E-state index in [-0.39, 0.29) is 34.7 Å². The van der Waals surface area contributed by atoms with Crippen LogP contribution in [0.3, 0.4) is 0 Å². The van der Waals surface area contributed by atoms with Crippen LogP contribution < -0.4 is 14.4 Å². The third-order valence-electron chi connectivity index (χ3n) is 5.48. The number of nitrogens with one attached hydrogen (secondary N) is 1. The number of ether oxygens (including phenoxy) is 1. The largest absolute Gasteiger partial charge is 0.482 e. The van der Waals surface area contributed by atoms with E-state index in [1.165, 1.54) is 29.0 Å². The number of sulfonamides is 1. The zero-order chi connectivity index (χ0) is 22.7. The van der Waals surface area contributed by atoms with E-state index in [0.29, 0.717) is 36.8 Å². The summed E-state index contributed by atoms with van der Waals surface area (Å²) >= 11 is 6.34. The number of halogens is 1. The fourth-order valence-corrected chi connectivity index (χ4v) is 5.34. The Morgan fingerprint density at radius 1 is 1.28 bits per heavy atom. The Hall–Kier alpha value is -2.43. The van der Waals surface area contributed by atoms with E-state index in [1.807, 2.05) is 6.92 Å². The molecule has 0 radical (unpaired) electrons. The molecule has 2 heterocycles. The number of aromatic nitrogens is 2. The van der Waals surface area contributed by atoms with Crippen LogP contribution >= 0.6 is 11.6 Å². The number of nitrogens with zero attached hydrogens (tertiary/aromatic N) is 3. The zero-order valence-corrected chi connectivity index (χ0v) is 19.3. The predicted molar refractivity (Wildman–Crippen MR) is 118 cm³/mol. The molecule has 1 aromatic carbocycles. The van der Waals surface area contributed by atoms with Gasteiger partial charge in [-0.05, 0) is 38.2 Å². The van der Waals surface area contributed by atoms with Crippen LogP contribution in [0.15, 0.2) is 33.2 Å². The van der Waals surface area contributed by atoms with Crippen molar-refractivity contribution in [3.63, 3.8) is 0 Å². The smallest absolute Gasteiger partial charge is 0.265 e. The van der Waals surface area contributed by atoms with Gasteiger partial charge in [-0.3, -0.25) is 9.69 Å². The average Bonchev–Trinajstić information content (AvgIpc) is 3.24. The number of hydrogen-bond acceptors (Lipinski definition) is 7. The number of amides is 1. The Kier molecular flexibility index (Phi) is 6.82. The molecule has 0 unspecified atom stereocenters. The Labute approximate surface area is 191 Å². The summed E-state index contributed by atoms with van der Waals surface area (Å²) in [5.41, 5.74) is 1.64. The van der Waals surface area contributed by atoms with Gasteiger partial charge in [0.2, 0.25) is 15.9 Å². The van der Waals surface area contributed by atoms with Crippen LogP contribution in [0.1, 0.15) is 50.7 Å². The minimum Gasteiger partial charge on any atom is -0.482 e. The third-order valence-corrected chi connectivity index (χ3v) is 7.41. The maximum Gasteiger partial charge on any atom is 0.265 e. The molecule has 1 aliphatic carbocycles. The summed E-state index contributed by atoms with van der Waals surface area (Å²) in [5.74, 6) is 0.750. The third kappa shape index (κ3) is 4.97. The Morgan fingerprint density at radius 2 is 2.12 bits per heavy atom. The number of anilines is 1. The van der Waals surface area contributed by atoms with Gasteiger partial charge < -0.3 is 9.26 Å². The monoisotopic (exact) mass is 480 g/mol. The van der Waals surface area contributed by atoms with Gasteiger partial charge in [-0.1, -0.05) is 35.3 Å². The summed E-state index contributed by atoms with van der Waals surface area (Å²) in [6.45, 7) is 2.02. The highest BCUT2D eigenvalue weighted by atomic mass is 35.5. The molecule has 2 aliphatic rings. The highest BCUT2D eigenvalue weighted by Crippen LogP contribution is 2.39. The molecule has 1 aromatic heterocycles. The van der Waals surface area contributed by atoms with Gasteiger partial charge in [0.05, 0.1) is 17.3 Å². The number of carbonyl (C=O) groups is 1. The van der Waals surface area contributed by atoms with Crippen molar-refractivity contribution in [2.45, 2.75) is 56.9 Å². The van der Waals surface area contributed by atoms with Crippen LogP contribution in [0.25, 0.3) is 0 Å². The molecular weight excluding hydrogens is 456 g/mol. The summed E-state index contributed by atoms with van der Waals surface area (Å²) in [6, 6.07) is 2.78. The van der Waals surface area contributed by atoms with Crippen molar-refractivity contribution in [2.75, 3.05) is 18.1 Å². The maximum atomic E-state index is 12.9. The van der Waals surface area contributed by atoms with Crippen molar-refractivity contribution in [3.8, 4) is 5.75 Å². The molecule has 0 saturated heterocycles. The first-order valence-electron chi connectivity index (χ1n) is 10.6. The molecule has 9 nitrogen and oxygen atoms in total. The molecule has 0 atom stereocenters. The number of fused-ring (bicyclic) bond motifs is 1. The van der Waals surface area contributed by atoms with Gasteiger partial charge in [0, 0.05) is 19.0 Å². The molecule has 11 heteroatoms. The lowest BCUT2D eigenvalue weighted by atomic mass is 9.97. The van der Waals surface area contributed by atoms with Crippen LogP contribution in [0.5, 0.6) is 5.75 Å². The number of aryl methyl sites for hydroxylation is 1. The number of allylic oxidation sites excluding steroid dienone is 1. The van der Waals surface area contributed by atoms with E-state index >= 15 is 0 Å². The molecule has 1 aliphatic heterocycles. The van der Waals surface area contributed by atoms with Crippen LogP contribution in [0.4, 0.5) is 5.69 Å². The van der Waals surface area contributed by atoms with E-state index < -0.39 is 10.0 Å². The van der Waals surface area contributed by atoms with Crippen LogP contribution in [-0.4, -0.2) is 37.6 Å². The molecule has 0 fully saturated rings. The number of hydrogen-bond donors (Lipinski definition) is 1. The molecule has 0 spiro atoms. The number of carbonyl (C=O) groups excluding carboxylic acids is 1. The molecule has 1 N–H and O–H groups in total. The second-order valence-corrected chi connectivity index (χ2v) is 9.88. The van der Waals surface area contributed by atoms with Gasteiger partial charge in [-0.25, -0.2) is 13.1 Å². The van der Waals surface area contributed by atoms with Gasteiger partial charge in [-0.15, -0.1) is 0 Å². The first-order chi connectivity index (χ1) is 15.4. The SMILES string of the molecule is CCc1nc(CN2C(=O)COc3cc(S(=O)(=O)NCCC4=CCCCC4)c(Cl)cc32)no1. The van der Waals surface area contributed by atoms with Crippen LogP contribution in [-0.2, 0) is 27.8 Å². The van der Waals surface area contributed by atoms with Crippen molar-refractivity contribution in [1.29, 1.82) is 0 Å². The maximum absolute atomic E-state index is 12.9. The first-order valence-corrected chi connectivity index (χ1v) is 12.5. The molecule has 0 bridgehead atoms. The molecular formula is C21H25ClN4O5S. The van der Waals surface area contributed by atoms with Crippen LogP contribution in [0.2, 0.25) is 5.02 Å². The summed E-state index contributed by atoms with van der Waals surface area (Å²) in [4.78, 5) is 18.0. The molecule has 172 valence electrons. The highest BCUT2D eigenvalue weighted by molar-refractivity contribution is 7.89. The van der Waals surface area contributed by atoms with Gasteiger partial charge in [0.25, 0.3) is 5.91 Å². The van der Waals surface area contributed by atoms with Gasteiger partial charge in [-0.2, -0.15) is 4.98 Å². The summed E-state index contributed by atoms with van der Waals surface area (Å²) in [5, 5.41) is 3.87. The van der Waals surface area contributed by atoms with Crippen molar-refractivity contribution in [1.82, 2.24) is 14.9 Å². The summed E-state index contributed by atoms with van der Waals surface area (Å²) in [7, 11) is -3.85. The lowest BCUT2D eigenvalue weighted by molar-refractivity contribution is -0.121. The van der Waals surface area contributed by atoms with Gasteiger partial charge in [0.1, 0.15) is 10.6 Å². The molecule has 4 rings (SSSR count). The number of rotatable bonds is 8. The summed E-state index contributed by atoms with van der Waals surface area (Å²) in [6.07, 6.45) is 7.84. The van der Waals surface area contributed by atoms with Crippen LogP contribution in [0, 0.1) is 0 Å². The Bertz CT molecular complexity index is 1150. The quantitative estimate of drug-likeness (QED) is 0.576. The highest BCUT2D eigenvalue weighted by Gasteiger charge is 2.30. The lowest BCUT2D eigenvalue weighted by Gasteiger charge is -2.29. The van der Waals surface area contributed by atoms with E-state index in [2.05, 4.69) is 20.9 Å². The van der Waals surface area contributed by atoms with E-state index in [4.69, 9.17) is 20.9 Å². The predicted octanol–water partition coefficient (Wildman–Crippen LogP) is 3.38. The Balaban J connectivity index is 1.53. The van der Waals surface area contributed by atoms with Gasteiger partial charge in [0.15, 0.2) is 12.4 Å². The van der Waals surface area contributed by atoms with Crippen molar-refractivity contribution < 1.29 is 22.5 Å². The average molecular weight is 481 g/mol. The Morgan fingerprint density at radius 3 is 2.84 bits per heavy atom. The van der Waals surface area contributed by atoms with E-state index in [9.17, 15) is 13.2 Å². The van der Waals surface area contributed by atoms with Crippen molar-refractivity contribution in [3.05, 3.63) is 40.5 Å². The minimum atomic E-state index is -3.85. The molecule has 2 aromatic rings. The van der Waals surface area contributed by atoms with Gasteiger partial charge >= 0.3 is 0 Å². The normalized spacial score (nSPS) is 16.5.